The maximum absolute atomic E-state index is 4.68. The summed E-state index contributed by atoms with van der Waals surface area (Å²) in [5.41, 5.74) is 8.04. The first-order valence-electron chi connectivity index (χ1n) is 8.27. The molecule has 0 atom stereocenters. The maximum Gasteiger partial charge on any atom is 0.245 e. The van der Waals surface area contributed by atoms with E-state index in [-0.39, 0.29) is 11.3 Å². The maximum atomic E-state index is 4.68. The van der Waals surface area contributed by atoms with Crippen LogP contribution in [0.5, 0.6) is 0 Å². The lowest BCUT2D eigenvalue weighted by Crippen LogP contribution is -2.03. The summed E-state index contributed by atoms with van der Waals surface area (Å²) >= 11 is 6.80. The predicted octanol–water partition coefficient (Wildman–Crippen LogP) is 4.43. The largest absolute Gasteiger partial charge is 0.258 e. The van der Waals surface area contributed by atoms with Gasteiger partial charge in [-0.05, 0) is 45.7 Å². The molecule has 2 aromatic carbocycles. The Morgan fingerprint density at radius 3 is 1.52 bits per heavy atom. The molecule has 4 aromatic rings. The molecular weight excluding hydrogens is 504 g/mol. The molecule has 0 bridgehead atoms. The zero-order valence-electron chi connectivity index (χ0n) is 14.6. The van der Waals surface area contributed by atoms with Crippen LogP contribution < -0.4 is 10.9 Å². The smallest absolute Gasteiger partial charge is 0.245 e. The molecule has 2 aromatic heterocycles. The van der Waals surface area contributed by atoms with E-state index >= 15 is 0 Å². The normalized spacial score (nSPS) is 11.5. The first-order valence-corrected chi connectivity index (χ1v) is 9.85. The van der Waals surface area contributed by atoms with Crippen LogP contribution in [0, 0.1) is 0 Å². The topological polar surface area (TPSA) is 113 Å². The lowest BCUT2D eigenvalue weighted by atomic mass is 10.2. The van der Waals surface area contributed by atoms with Gasteiger partial charge in [0, 0.05) is 8.95 Å². The van der Waals surface area contributed by atoms with Gasteiger partial charge in [-0.2, -0.15) is 20.2 Å². The van der Waals surface area contributed by atoms with Gasteiger partial charge in [-0.25, -0.2) is 4.63 Å². The Bertz CT molecular complexity index is 1080. The summed E-state index contributed by atoms with van der Waals surface area (Å²) in [5, 5.41) is 15.8. The van der Waals surface area contributed by atoms with Crippen LogP contribution in [0.2, 0.25) is 0 Å². The fraction of sp³-hybridized carbons (Fsp3) is 0. The van der Waals surface area contributed by atoms with Gasteiger partial charge in [0.2, 0.25) is 11.3 Å². The van der Waals surface area contributed by atoms with Crippen molar-refractivity contribution in [1.29, 1.82) is 0 Å². The first-order chi connectivity index (χ1) is 14.2. The molecule has 0 saturated carbocycles. The minimum Gasteiger partial charge on any atom is -0.258 e. The van der Waals surface area contributed by atoms with Crippen molar-refractivity contribution in [2.45, 2.75) is 0 Å². The third-order valence-electron chi connectivity index (χ3n) is 3.62. The van der Waals surface area contributed by atoms with E-state index in [4.69, 9.17) is 0 Å². The van der Waals surface area contributed by atoms with Gasteiger partial charge in [-0.1, -0.05) is 56.1 Å². The molecule has 2 N–H and O–H groups in total. The molecule has 2 heterocycles. The Kier molecular flexibility index (Phi) is 5.86. The van der Waals surface area contributed by atoms with Gasteiger partial charge in [0.25, 0.3) is 0 Å². The summed E-state index contributed by atoms with van der Waals surface area (Å²) < 4.78 is 6.66. The molecule has 0 amide bonds. The van der Waals surface area contributed by atoms with Gasteiger partial charge >= 0.3 is 0 Å². The average molecular weight is 516 g/mol. The summed E-state index contributed by atoms with van der Waals surface area (Å²) in [6.45, 7) is 0. The van der Waals surface area contributed by atoms with Gasteiger partial charge in [0.1, 0.15) is 0 Å². The summed E-state index contributed by atoms with van der Waals surface area (Å²) in [6.07, 6.45) is 3.32. The molecule has 11 heteroatoms. The molecular formula is C18H12Br2N8O. The number of hydrazone groups is 2. The van der Waals surface area contributed by atoms with Gasteiger partial charge in [0.05, 0.1) is 12.4 Å². The van der Waals surface area contributed by atoms with Crippen LogP contribution in [0.4, 0.5) is 11.6 Å². The number of fused-ring (bicyclic) bond motifs is 1. The van der Waals surface area contributed by atoms with Crippen LogP contribution in [0.15, 0.2) is 72.3 Å². The number of nitrogens with zero attached hydrogens (tertiary/aromatic N) is 6. The van der Waals surface area contributed by atoms with E-state index in [1.165, 1.54) is 0 Å². The van der Waals surface area contributed by atoms with Crippen molar-refractivity contribution in [1.82, 2.24) is 20.3 Å². The first kappa shape index (κ1) is 19.2. The van der Waals surface area contributed by atoms with Crippen LogP contribution >= 0.6 is 31.9 Å². The fourth-order valence-electron chi connectivity index (χ4n) is 2.23. The fourth-order valence-corrected chi connectivity index (χ4v) is 2.76. The molecule has 0 saturated heterocycles. The lowest BCUT2D eigenvalue weighted by molar-refractivity contribution is 0.314. The third-order valence-corrected chi connectivity index (χ3v) is 4.68. The molecule has 144 valence electrons. The summed E-state index contributed by atoms with van der Waals surface area (Å²) in [7, 11) is 0. The van der Waals surface area contributed by atoms with Gasteiger partial charge in [-0.3, -0.25) is 10.9 Å². The molecule has 0 spiro atoms. The minimum atomic E-state index is 0.258. The zero-order chi connectivity index (χ0) is 20.1. The number of benzene rings is 2. The van der Waals surface area contributed by atoms with E-state index in [1.807, 2.05) is 48.5 Å². The number of rotatable bonds is 6. The van der Waals surface area contributed by atoms with Crippen molar-refractivity contribution in [3.63, 3.8) is 0 Å². The number of hydrogen-bond donors (Lipinski definition) is 2. The second-order valence-electron chi connectivity index (χ2n) is 5.68. The highest BCUT2D eigenvalue weighted by Gasteiger charge is 2.11. The second-order valence-corrected chi connectivity index (χ2v) is 7.51. The Morgan fingerprint density at radius 2 is 1.10 bits per heavy atom. The van der Waals surface area contributed by atoms with Crippen molar-refractivity contribution < 1.29 is 4.63 Å². The molecule has 0 aliphatic rings. The number of nitrogens with one attached hydrogen (secondary N) is 2. The highest BCUT2D eigenvalue weighted by atomic mass is 79.9. The number of halogens is 2. The predicted molar refractivity (Wildman–Crippen MR) is 118 cm³/mol. The highest BCUT2D eigenvalue weighted by molar-refractivity contribution is 9.10. The summed E-state index contributed by atoms with van der Waals surface area (Å²) in [4.78, 5) is 8.63. The van der Waals surface area contributed by atoms with Gasteiger partial charge in [0.15, 0.2) is 11.6 Å². The highest BCUT2D eigenvalue weighted by Crippen LogP contribution is 2.19. The lowest BCUT2D eigenvalue weighted by Gasteiger charge is -2.05. The Labute approximate surface area is 181 Å². The quantitative estimate of drug-likeness (QED) is 0.288. The van der Waals surface area contributed by atoms with E-state index in [9.17, 15) is 0 Å². The van der Waals surface area contributed by atoms with E-state index in [1.54, 1.807) is 12.4 Å². The summed E-state index contributed by atoms with van der Waals surface area (Å²) in [6, 6.07) is 15.4. The molecule has 0 fully saturated rings. The van der Waals surface area contributed by atoms with Crippen molar-refractivity contribution >= 4 is 67.2 Å². The third kappa shape index (κ3) is 5.00. The minimum absolute atomic E-state index is 0.258. The van der Waals surface area contributed by atoms with Crippen molar-refractivity contribution in [3.05, 3.63) is 68.6 Å². The zero-order valence-corrected chi connectivity index (χ0v) is 17.8. The molecule has 0 aliphatic heterocycles. The standard InChI is InChI=1S/C18H12Br2N8O/c19-13-5-1-11(2-6-13)9-21-25-15-16(24-18-17(23-15)27-29-28-18)26-22-10-12-3-7-14(20)8-4-12/h1-10H,(H,23,25,27)(H,24,26,28)/b21-9+,22-10+. The molecule has 0 unspecified atom stereocenters. The van der Waals surface area contributed by atoms with Crippen LogP contribution in [0.1, 0.15) is 11.1 Å². The van der Waals surface area contributed by atoms with Crippen LogP contribution in [0.25, 0.3) is 11.3 Å². The van der Waals surface area contributed by atoms with Crippen LogP contribution in [0.3, 0.4) is 0 Å². The number of aromatic nitrogens is 4. The van der Waals surface area contributed by atoms with E-state index < -0.39 is 0 Å². The van der Waals surface area contributed by atoms with Crippen molar-refractivity contribution in [3.8, 4) is 0 Å². The van der Waals surface area contributed by atoms with Crippen molar-refractivity contribution in [2.24, 2.45) is 10.2 Å². The number of hydrogen-bond acceptors (Lipinski definition) is 9. The van der Waals surface area contributed by atoms with E-state index in [0.717, 1.165) is 20.1 Å². The van der Waals surface area contributed by atoms with Gasteiger partial charge < -0.3 is 0 Å². The molecule has 9 nitrogen and oxygen atoms in total. The van der Waals surface area contributed by atoms with E-state index in [2.05, 4.69) is 77.8 Å². The molecule has 0 radical (unpaired) electrons. The van der Waals surface area contributed by atoms with Crippen molar-refractivity contribution in [2.75, 3.05) is 10.9 Å². The monoisotopic (exact) mass is 514 g/mol. The Hall–Kier alpha value is -3.18. The SMILES string of the molecule is Brc1ccc(/C=N/Nc2nc3nonc3nc2N/N=C/c2ccc(Br)cc2)cc1. The Balaban J connectivity index is 1.53. The Morgan fingerprint density at radius 1 is 0.690 bits per heavy atom. The van der Waals surface area contributed by atoms with Gasteiger partial charge in [-0.15, -0.1) is 0 Å². The molecule has 29 heavy (non-hydrogen) atoms. The summed E-state index contributed by atoms with van der Waals surface area (Å²) in [5.74, 6) is 0.657. The van der Waals surface area contributed by atoms with Crippen LogP contribution in [-0.4, -0.2) is 32.7 Å². The average Bonchev–Trinajstić information content (AvgIpc) is 3.18. The van der Waals surface area contributed by atoms with E-state index in [0.29, 0.717) is 11.6 Å². The second kappa shape index (κ2) is 8.88. The molecule has 4 rings (SSSR count). The molecule has 0 aliphatic carbocycles. The number of anilines is 2. The van der Waals surface area contributed by atoms with Crippen LogP contribution in [-0.2, 0) is 0 Å².